The van der Waals surface area contributed by atoms with Crippen LogP contribution in [0, 0.1) is 24.4 Å². The van der Waals surface area contributed by atoms with Gasteiger partial charge in [0, 0.05) is 18.7 Å². The van der Waals surface area contributed by atoms with E-state index in [0.717, 1.165) is 23.3 Å². The van der Waals surface area contributed by atoms with Gasteiger partial charge in [0.15, 0.2) is 11.6 Å². The molecule has 0 N–H and O–H groups in total. The van der Waals surface area contributed by atoms with Gasteiger partial charge < -0.3 is 4.57 Å². The molecule has 20 heavy (non-hydrogen) atoms. The van der Waals surface area contributed by atoms with Crippen LogP contribution in [0.5, 0.6) is 0 Å². The van der Waals surface area contributed by atoms with Crippen molar-refractivity contribution in [3.05, 3.63) is 65.2 Å². The fourth-order valence-corrected chi connectivity index (χ4v) is 2.20. The second-order valence-electron chi connectivity index (χ2n) is 4.70. The minimum Gasteiger partial charge on any atom is -0.326 e. The molecule has 3 aromatic rings. The first-order valence-corrected chi connectivity index (χ1v) is 6.09. The Morgan fingerprint density at radius 3 is 2.55 bits per heavy atom. The molecule has 0 aliphatic carbocycles. The van der Waals surface area contributed by atoms with Crippen LogP contribution in [0.15, 0.2) is 36.7 Å². The van der Waals surface area contributed by atoms with Crippen LogP contribution in [0.25, 0.3) is 11.0 Å². The number of imidazole rings is 1. The molecule has 0 unspecified atom stereocenters. The molecule has 0 aliphatic heterocycles. The van der Waals surface area contributed by atoms with Crippen molar-refractivity contribution in [1.82, 2.24) is 9.55 Å². The predicted molar refractivity (Wildman–Crippen MR) is 69.9 cm³/mol. The van der Waals surface area contributed by atoms with Gasteiger partial charge in [-0.3, -0.25) is 0 Å². The Balaban J connectivity index is 2.04. The fraction of sp³-hybridized carbons (Fsp3) is 0.133. The topological polar surface area (TPSA) is 17.8 Å². The van der Waals surface area contributed by atoms with Crippen LogP contribution in [0.1, 0.15) is 11.1 Å². The van der Waals surface area contributed by atoms with E-state index in [2.05, 4.69) is 4.98 Å². The van der Waals surface area contributed by atoms with E-state index < -0.39 is 11.6 Å². The molecule has 1 heterocycles. The summed E-state index contributed by atoms with van der Waals surface area (Å²) >= 11 is 0. The quantitative estimate of drug-likeness (QED) is 0.696. The summed E-state index contributed by atoms with van der Waals surface area (Å²) in [6.45, 7) is 2.23. The van der Waals surface area contributed by atoms with Gasteiger partial charge in [-0.15, -0.1) is 0 Å². The lowest BCUT2D eigenvalue weighted by molar-refractivity contribution is 0.510. The van der Waals surface area contributed by atoms with Gasteiger partial charge in [-0.2, -0.15) is 0 Å². The molecule has 0 fully saturated rings. The molecule has 1 aromatic heterocycles. The molecule has 2 aromatic carbocycles. The van der Waals surface area contributed by atoms with Gasteiger partial charge in [0.25, 0.3) is 0 Å². The molecule has 0 radical (unpaired) electrons. The molecule has 102 valence electrons. The van der Waals surface area contributed by atoms with Crippen molar-refractivity contribution in [3.63, 3.8) is 0 Å². The largest absolute Gasteiger partial charge is 0.326 e. The van der Waals surface area contributed by atoms with Crippen molar-refractivity contribution in [2.75, 3.05) is 0 Å². The molecule has 0 spiro atoms. The molecule has 0 atom stereocenters. The third-order valence-electron chi connectivity index (χ3n) is 3.31. The summed E-state index contributed by atoms with van der Waals surface area (Å²) in [5.41, 5.74) is 2.60. The molecule has 0 saturated carbocycles. The van der Waals surface area contributed by atoms with Crippen molar-refractivity contribution in [3.8, 4) is 0 Å². The van der Waals surface area contributed by atoms with E-state index >= 15 is 0 Å². The third-order valence-corrected chi connectivity index (χ3v) is 3.31. The summed E-state index contributed by atoms with van der Waals surface area (Å²) in [4.78, 5) is 4.05. The van der Waals surface area contributed by atoms with E-state index in [1.54, 1.807) is 17.6 Å². The zero-order valence-electron chi connectivity index (χ0n) is 10.7. The van der Waals surface area contributed by atoms with Crippen molar-refractivity contribution >= 4 is 11.0 Å². The molecule has 5 heteroatoms. The number of halogens is 3. The lowest BCUT2D eigenvalue weighted by atomic mass is 10.1. The second kappa shape index (κ2) is 4.67. The summed E-state index contributed by atoms with van der Waals surface area (Å²) in [6.07, 6.45) is 1.52. The number of benzene rings is 2. The molecular formula is C15H11F3N2. The molecule has 0 aliphatic rings. The maximum Gasteiger partial charge on any atom is 0.161 e. The average molecular weight is 276 g/mol. The summed E-state index contributed by atoms with van der Waals surface area (Å²) in [5, 5.41) is 0. The zero-order chi connectivity index (χ0) is 14.3. The fourth-order valence-electron chi connectivity index (χ4n) is 2.20. The van der Waals surface area contributed by atoms with Gasteiger partial charge >= 0.3 is 0 Å². The standard InChI is InChI=1S/C15H11F3N2/c1-9-4-11(16)3-2-10(9)7-20-8-19-14-5-12(17)13(18)6-15(14)20/h2-6,8H,7H2,1H3. The molecule has 0 amide bonds. The summed E-state index contributed by atoms with van der Waals surface area (Å²) in [6, 6.07) is 6.68. The Hall–Kier alpha value is -2.30. The number of fused-ring (bicyclic) bond motifs is 1. The number of aromatic nitrogens is 2. The highest BCUT2D eigenvalue weighted by Crippen LogP contribution is 2.20. The predicted octanol–water partition coefficient (Wildman–Crippen LogP) is 3.81. The van der Waals surface area contributed by atoms with Gasteiger partial charge in [-0.1, -0.05) is 6.07 Å². The van der Waals surface area contributed by atoms with Crippen LogP contribution in [0.3, 0.4) is 0 Å². The SMILES string of the molecule is Cc1cc(F)ccc1Cn1cnc2cc(F)c(F)cc21. The Morgan fingerprint density at radius 1 is 1.05 bits per heavy atom. The van der Waals surface area contributed by atoms with Crippen LogP contribution >= 0.6 is 0 Å². The van der Waals surface area contributed by atoms with Crippen LogP contribution in [0.2, 0.25) is 0 Å². The smallest absolute Gasteiger partial charge is 0.161 e. The van der Waals surface area contributed by atoms with Gasteiger partial charge in [0.1, 0.15) is 5.82 Å². The number of nitrogens with zero attached hydrogens (tertiary/aromatic N) is 2. The van der Waals surface area contributed by atoms with Gasteiger partial charge in [0.2, 0.25) is 0 Å². The Labute approximate surface area is 113 Å². The normalized spacial score (nSPS) is 11.2. The van der Waals surface area contributed by atoms with Crippen molar-refractivity contribution in [2.45, 2.75) is 13.5 Å². The monoisotopic (exact) mass is 276 g/mol. The molecular weight excluding hydrogens is 265 g/mol. The minimum absolute atomic E-state index is 0.296. The Bertz CT molecular complexity index is 793. The van der Waals surface area contributed by atoms with E-state index in [9.17, 15) is 13.2 Å². The molecule has 0 bridgehead atoms. The number of rotatable bonds is 2. The zero-order valence-corrected chi connectivity index (χ0v) is 10.7. The number of aryl methyl sites for hydroxylation is 1. The molecule has 2 nitrogen and oxygen atoms in total. The summed E-state index contributed by atoms with van der Waals surface area (Å²) in [5.74, 6) is -2.12. The highest BCUT2D eigenvalue weighted by Gasteiger charge is 2.10. The second-order valence-corrected chi connectivity index (χ2v) is 4.70. The first-order chi connectivity index (χ1) is 9.54. The Kier molecular flexibility index (Phi) is 2.97. The van der Waals surface area contributed by atoms with Gasteiger partial charge in [-0.05, 0) is 30.2 Å². The lowest BCUT2D eigenvalue weighted by Crippen LogP contribution is -2.01. The first kappa shape index (κ1) is 12.7. The molecule has 3 rings (SSSR count). The number of hydrogen-bond donors (Lipinski definition) is 0. The molecule has 0 saturated heterocycles. The maximum atomic E-state index is 13.3. The average Bonchev–Trinajstić information content (AvgIpc) is 2.76. The highest BCUT2D eigenvalue weighted by atomic mass is 19.2. The van der Waals surface area contributed by atoms with Crippen molar-refractivity contribution in [1.29, 1.82) is 0 Å². The summed E-state index contributed by atoms with van der Waals surface area (Å²) < 4.78 is 41.2. The lowest BCUT2D eigenvalue weighted by Gasteiger charge is -2.08. The van der Waals surface area contributed by atoms with Crippen LogP contribution in [-0.4, -0.2) is 9.55 Å². The van der Waals surface area contributed by atoms with Crippen molar-refractivity contribution < 1.29 is 13.2 Å². The van der Waals surface area contributed by atoms with Crippen LogP contribution < -0.4 is 0 Å². The van der Waals surface area contributed by atoms with E-state index in [-0.39, 0.29) is 5.82 Å². The van der Waals surface area contributed by atoms with Crippen molar-refractivity contribution in [2.24, 2.45) is 0 Å². The highest BCUT2D eigenvalue weighted by molar-refractivity contribution is 5.75. The van der Waals surface area contributed by atoms with E-state index in [1.807, 2.05) is 0 Å². The van der Waals surface area contributed by atoms with Crippen LogP contribution in [0.4, 0.5) is 13.2 Å². The van der Waals surface area contributed by atoms with Gasteiger partial charge in [0.05, 0.1) is 17.4 Å². The summed E-state index contributed by atoms with van der Waals surface area (Å²) in [7, 11) is 0. The third kappa shape index (κ3) is 2.15. The van der Waals surface area contributed by atoms with E-state index in [0.29, 0.717) is 17.6 Å². The maximum absolute atomic E-state index is 13.3. The Morgan fingerprint density at radius 2 is 1.80 bits per heavy atom. The number of hydrogen-bond acceptors (Lipinski definition) is 1. The first-order valence-electron chi connectivity index (χ1n) is 6.09. The minimum atomic E-state index is -0.916. The van der Waals surface area contributed by atoms with Crippen LogP contribution in [-0.2, 0) is 6.54 Å². The van der Waals surface area contributed by atoms with Gasteiger partial charge in [-0.25, -0.2) is 18.2 Å². The van der Waals surface area contributed by atoms with E-state index in [4.69, 9.17) is 0 Å². The van der Waals surface area contributed by atoms with E-state index in [1.165, 1.54) is 18.5 Å².